The first-order chi connectivity index (χ1) is 4.68. The van der Waals surface area contributed by atoms with Crippen molar-refractivity contribution in [2.24, 2.45) is 0 Å². The van der Waals surface area contributed by atoms with E-state index < -0.39 is 5.97 Å². The van der Waals surface area contributed by atoms with Gasteiger partial charge in [0, 0.05) is 9.75 Å². The van der Waals surface area contributed by atoms with E-state index >= 15 is 0 Å². The summed E-state index contributed by atoms with van der Waals surface area (Å²) < 4.78 is 0. The molecule has 0 atom stereocenters. The maximum absolute atomic E-state index is 10.2. The number of thiophene rings is 1. The highest BCUT2D eigenvalue weighted by atomic mass is 32.1. The molecule has 0 unspecified atom stereocenters. The number of rotatable bonds is 2. The molecule has 0 aromatic carbocycles. The summed E-state index contributed by atoms with van der Waals surface area (Å²) >= 11 is 1.54. The van der Waals surface area contributed by atoms with Crippen LogP contribution < -0.4 is 0 Å². The maximum Gasteiger partial charge on any atom is 0.308 e. The summed E-state index contributed by atoms with van der Waals surface area (Å²) in [6.07, 6.45) is 0.151. The smallest absolute Gasteiger partial charge is 0.308 e. The van der Waals surface area contributed by atoms with Crippen molar-refractivity contribution in [1.29, 1.82) is 0 Å². The largest absolute Gasteiger partial charge is 0.481 e. The van der Waals surface area contributed by atoms with Crippen LogP contribution >= 0.6 is 11.3 Å². The highest BCUT2D eigenvalue weighted by molar-refractivity contribution is 7.12. The summed E-state index contributed by atoms with van der Waals surface area (Å²) in [5, 5.41) is 8.38. The Hall–Kier alpha value is -0.830. The second kappa shape index (κ2) is 2.84. The Balaban J connectivity index is 2.67. The van der Waals surface area contributed by atoms with Crippen LogP contribution in [0.15, 0.2) is 12.1 Å². The Morgan fingerprint density at radius 1 is 1.70 bits per heavy atom. The molecule has 0 radical (unpaired) electrons. The fourth-order valence-electron chi connectivity index (χ4n) is 0.729. The van der Waals surface area contributed by atoms with E-state index in [1.54, 1.807) is 0 Å². The molecule has 1 N–H and O–H groups in total. The van der Waals surface area contributed by atoms with Gasteiger partial charge in [-0.15, -0.1) is 11.3 Å². The molecule has 1 rings (SSSR count). The topological polar surface area (TPSA) is 37.3 Å². The summed E-state index contributed by atoms with van der Waals surface area (Å²) in [5.74, 6) is -0.762. The Labute approximate surface area is 63.1 Å². The first-order valence-corrected chi connectivity index (χ1v) is 3.77. The van der Waals surface area contributed by atoms with Gasteiger partial charge in [-0.1, -0.05) is 0 Å². The minimum absolute atomic E-state index is 0.151. The van der Waals surface area contributed by atoms with E-state index in [0.29, 0.717) is 0 Å². The van der Waals surface area contributed by atoms with Crippen molar-refractivity contribution in [2.75, 3.05) is 0 Å². The lowest BCUT2D eigenvalue weighted by Gasteiger charge is -1.86. The van der Waals surface area contributed by atoms with Gasteiger partial charge >= 0.3 is 5.97 Å². The molecule has 0 amide bonds. The Morgan fingerprint density at radius 3 is 2.80 bits per heavy atom. The summed E-state index contributed by atoms with van der Waals surface area (Å²) in [6, 6.07) is 3.79. The van der Waals surface area contributed by atoms with E-state index in [1.807, 2.05) is 19.1 Å². The highest BCUT2D eigenvalue weighted by Crippen LogP contribution is 2.14. The molecule has 0 bridgehead atoms. The van der Waals surface area contributed by atoms with Crippen LogP contribution in [0.5, 0.6) is 0 Å². The number of aryl methyl sites for hydroxylation is 1. The van der Waals surface area contributed by atoms with Crippen molar-refractivity contribution < 1.29 is 9.90 Å². The molecule has 3 heteroatoms. The number of carboxylic acids is 1. The van der Waals surface area contributed by atoms with Crippen molar-refractivity contribution in [2.45, 2.75) is 13.3 Å². The Kier molecular flexibility index (Phi) is 2.06. The van der Waals surface area contributed by atoms with Crippen LogP contribution in [0, 0.1) is 6.92 Å². The van der Waals surface area contributed by atoms with Gasteiger partial charge in [0.1, 0.15) is 0 Å². The van der Waals surface area contributed by atoms with Crippen molar-refractivity contribution in [3.63, 3.8) is 0 Å². The summed E-state index contributed by atoms with van der Waals surface area (Å²) in [4.78, 5) is 12.3. The van der Waals surface area contributed by atoms with Gasteiger partial charge in [-0.05, 0) is 19.1 Å². The van der Waals surface area contributed by atoms with Crippen LogP contribution in [0.2, 0.25) is 0 Å². The average molecular weight is 156 g/mol. The minimum atomic E-state index is -0.762. The third-order valence-corrected chi connectivity index (χ3v) is 2.12. The number of carboxylic acid groups (broad SMARTS) is 1. The molecule has 0 saturated heterocycles. The average Bonchev–Trinajstić information content (AvgIpc) is 2.13. The predicted octanol–water partition coefficient (Wildman–Crippen LogP) is 1.68. The molecule has 1 aromatic heterocycles. The van der Waals surface area contributed by atoms with E-state index in [0.717, 1.165) is 9.75 Å². The molecule has 2 nitrogen and oxygen atoms in total. The molecule has 0 saturated carbocycles. The molecular weight excluding hydrogens is 148 g/mol. The SMILES string of the molecule is Cc1ccc(CC(=O)O)s1. The Bertz CT molecular complexity index is 240. The first-order valence-electron chi connectivity index (χ1n) is 2.95. The van der Waals surface area contributed by atoms with Gasteiger partial charge < -0.3 is 5.11 Å². The molecular formula is C7H8O2S. The predicted molar refractivity (Wildman–Crippen MR) is 40.4 cm³/mol. The van der Waals surface area contributed by atoms with E-state index in [9.17, 15) is 4.79 Å². The van der Waals surface area contributed by atoms with E-state index in [-0.39, 0.29) is 6.42 Å². The fourth-order valence-corrected chi connectivity index (χ4v) is 1.61. The lowest BCUT2D eigenvalue weighted by molar-refractivity contribution is -0.136. The summed E-state index contributed by atoms with van der Waals surface area (Å²) in [6.45, 7) is 1.97. The van der Waals surface area contributed by atoms with Gasteiger partial charge in [0.25, 0.3) is 0 Å². The van der Waals surface area contributed by atoms with Crippen LogP contribution in [0.25, 0.3) is 0 Å². The van der Waals surface area contributed by atoms with Gasteiger partial charge in [-0.25, -0.2) is 0 Å². The highest BCUT2D eigenvalue weighted by Gasteiger charge is 2.01. The molecule has 1 heterocycles. The third-order valence-electron chi connectivity index (χ3n) is 1.12. The lowest BCUT2D eigenvalue weighted by Crippen LogP contribution is -1.96. The van der Waals surface area contributed by atoms with Crippen LogP contribution in [-0.4, -0.2) is 11.1 Å². The number of carbonyl (C=O) groups is 1. The van der Waals surface area contributed by atoms with Gasteiger partial charge in [0.05, 0.1) is 6.42 Å². The Morgan fingerprint density at radius 2 is 2.40 bits per heavy atom. The zero-order chi connectivity index (χ0) is 7.56. The molecule has 0 aliphatic rings. The zero-order valence-corrected chi connectivity index (χ0v) is 6.44. The normalized spacial score (nSPS) is 9.70. The quantitative estimate of drug-likeness (QED) is 0.707. The van der Waals surface area contributed by atoms with Crippen molar-refractivity contribution >= 4 is 17.3 Å². The maximum atomic E-state index is 10.2. The number of hydrogen-bond acceptors (Lipinski definition) is 2. The molecule has 54 valence electrons. The third kappa shape index (κ3) is 1.84. The molecule has 0 spiro atoms. The molecule has 0 aliphatic carbocycles. The van der Waals surface area contributed by atoms with Crippen molar-refractivity contribution in [3.05, 3.63) is 21.9 Å². The van der Waals surface area contributed by atoms with Gasteiger partial charge in [0.2, 0.25) is 0 Å². The molecule has 0 fully saturated rings. The monoisotopic (exact) mass is 156 g/mol. The fraction of sp³-hybridized carbons (Fsp3) is 0.286. The van der Waals surface area contributed by atoms with E-state index in [2.05, 4.69) is 0 Å². The summed E-state index contributed by atoms with van der Waals surface area (Å²) in [5.41, 5.74) is 0. The molecule has 1 aromatic rings. The lowest BCUT2D eigenvalue weighted by atomic mass is 10.3. The van der Waals surface area contributed by atoms with Gasteiger partial charge in [0.15, 0.2) is 0 Å². The zero-order valence-electron chi connectivity index (χ0n) is 5.63. The van der Waals surface area contributed by atoms with Crippen LogP contribution in [0.3, 0.4) is 0 Å². The molecule has 0 aliphatic heterocycles. The summed E-state index contributed by atoms with van der Waals surface area (Å²) in [7, 11) is 0. The molecule has 10 heavy (non-hydrogen) atoms. The van der Waals surface area contributed by atoms with E-state index in [4.69, 9.17) is 5.11 Å². The van der Waals surface area contributed by atoms with Gasteiger partial charge in [-0.3, -0.25) is 4.79 Å². The van der Waals surface area contributed by atoms with Crippen molar-refractivity contribution in [1.82, 2.24) is 0 Å². The first kappa shape index (κ1) is 7.28. The van der Waals surface area contributed by atoms with E-state index in [1.165, 1.54) is 11.3 Å². The number of hydrogen-bond donors (Lipinski definition) is 1. The minimum Gasteiger partial charge on any atom is -0.481 e. The van der Waals surface area contributed by atoms with Crippen LogP contribution in [-0.2, 0) is 11.2 Å². The van der Waals surface area contributed by atoms with Crippen LogP contribution in [0.4, 0.5) is 0 Å². The van der Waals surface area contributed by atoms with Crippen molar-refractivity contribution in [3.8, 4) is 0 Å². The number of aliphatic carboxylic acids is 1. The second-order valence-corrected chi connectivity index (χ2v) is 3.46. The second-order valence-electron chi connectivity index (χ2n) is 2.08. The van der Waals surface area contributed by atoms with Gasteiger partial charge in [-0.2, -0.15) is 0 Å². The van der Waals surface area contributed by atoms with Crippen LogP contribution in [0.1, 0.15) is 9.75 Å². The standard InChI is InChI=1S/C7H8O2S/c1-5-2-3-6(10-5)4-7(8)9/h2-3H,4H2,1H3,(H,8,9).